The van der Waals surface area contributed by atoms with Gasteiger partial charge in [-0.1, -0.05) is 79.5 Å². The Hall–Kier alpha value is -4.31. The highest BCUT2D eigenvalue weighted by Gasteiger charge is 2.34. The third-order valence-corrected chi connectivity index (χ3v) is 9.24. The topological polar surface area (TPSA) is 93.5 Å². The Kier molecular flexibility index (Phi) is 8.59. The minimum atomic E-state index is -3.96. The monoisotopic (exact) mass is 660 g/mol. The summed E-state index contributed by atoms with van der Waals surface area (Å²) < 4.78 is 35.8. The molecule has 1 saturated heterocycles. The van der Waals surface area contributed by atoms with E-state index >= 15 is 0 Å². The van der Waals surface area contributed by atoms with Crippen LogP contribution in [0.1, 0.15) is 25.2 Å². The number of benzene rings is 4. The van der Waals surface area contributed by atoms with Crippen LogP contribution >= 0.6 is 23.2 Å². The van der Waals surface area contributed by atoms with E-state index in [9.17, 15) is 13.2 Å². The van der Waals surface area contributed by atoms with Crippen LogP contribution < -0.4 is 13.8 Å². The molecule has 0 saturated carbocycles. The second kappa shape index (κ2) is 12.6. The predicted molar refractivity (Wildman–Crippen MR) is 178 cm³/mol. The zero-order valence-corrected chi connectivity index (χ0v) is 26.9. The first-order chi connectivity index (χ1) is 21.6. The van der Waals surface area contributed by atoms with Gasteiger partial charge in [0.1, 0.15) is 18.1 Å². The molecule has 5 aromatic rings. The van der Waals surface area contributed by atoms with E-state index in [4.69, 9.17) is 32.9 Å². The number of anilines is 1. The lowest BCUT2D eigenvalue weighted by Gasteiger charge is -2.16. The van der Waals surface area contributed by atoms with Crippen molar-refractivity contribution in [3.8, 4) is 33.8 Å². The van der Waals surface area contributed by atoms with Crippen LogP contribution in [0.2, 0.25) is 10.0 Å². The second-order valence-electron chi connectivity index (χ2n) is 11.2. The minimum Gasteiger partial charge on any atom is -0.493 e. The number of amides is 1. The Bertz CT molecular complexity index is 1970. The minimum absolute atomic E-state index is 0.283. The molecule has 6 rings (SSSR count). The fraction of sp³-hybridized carbons (Fsp3) is 0.176. The Balaban J connectivity index is 1.32. The number of aromatic nitrogens is 2. The van der Waals surface area contributed by atoms with Crippen LogP contribution in [0.25, 0.3) is 28.1 Å². The first-order valence-corrected chi connectivity index (χ1v) is 16.5. The Morgan fingerprint density at radius 3 is 2.24 bits per heavy atom. The average Bonchev–Trinajstić information content (AvgIpc) is 3.55. The van der Waals surface area contributed by atoms with Crippen LogP contribution in [0.3, 0.4) is 0 Å². The van der Waals surface area contributed by atoms with Gasteiger partial charge in [-0.3, -0.25) is 4.79 Å². The maximum atomic E-state index is 12.5. The van der Waals surface area contributed by atoms with Crippen molar-refractivity contribution in [1.82, 2.24) is 14.3 Å². The number of carbonyl (C=O) groups excluding carboxylic acids is 1. The third kappa shape index (κ3) is 6.86. The summed E-state index contributed by atoms with van der Waals surface area (Å²) in [6.45, 7) is 4.63. The highest BCUT2D eigenvalue weighted by Crippen LogP contribution is 2.32. The molecule has 1 fully saturated rings. The van der Waals surface area contributed by atoms with E-state index in [1.54, 1.807) is 30.3 Å². The zero-order chi connectivity index (χ0) is 31.7. The molecule has 0 radical (unpaired) electrons. The van der Waals surface area contributed by atoms with Crippen molar-refractivity contribution < 1.29 is 17.9 Å². The van der Waals surface area contributed by atoms with Gasteiger partial charge in [-0.05, 0) is 71.1 Å². The van der Waals surface area contributed by atoms with Gasteiger partial charge in [0.2, 0.25) is 0 Å². The average molecular weight is 662 g/mol. The number of carbonyl (C=O) groups is 1. The molecule has 230 valence electrons. The van der Waals surface area contributed by atoms with Crippen LogP contribution in [0.4, 0.5) is 5.69 Å². The van der Waals surface area contributed by atoms with Crippen molar-refractivity contribution in [2.24, 2.45) is 5.92 Å². The molecule has 1 aromatic heterocycles. The molecular formula is C34H30Cl2N4O4S. The third-order valence-electron chi connectivity index (χ3n) is 7.29. The van der Waals surface area contributed by atoms with Crippen molar-refractivity contribution in [3.05, 3.63) is 119 Å². The molecule has 8 nitrogen and oxygen atoms in total. The van der Waals surface area contributed by atoms with Crippen LogP contribution in [-0.4, -0.2) is 37.0 Å². The normalized spacial score (nSPS) is 14.2. The quantitative estimate of drug-likeness (QED) is 0.179. The summed E-state index contributed by atoms with van der Waals surface area (Å²) in [6, 6.07) is 28.6. The fourth-order valence-corrected chi connectivity index (χ4v) is 6.72. The van der Waals surface area contributed by atoms with Gasteiger partial charge in [-0.25, -0.2) is 14.0 Å². The van der Waals surface area contributed by atoms with Gasteiger partial charge in [0, 0.05) is 28.9 Å². The van der Waals surface area contributed by atoms with Crippen LogP contribution in [-0.2, 0) is 21.4 Å². The van der Waals surface area contributed by atoms with Crippen molar-refractivity contribution in [3.63, 3.8) is 0 Å². The maximum Gasteiger partial charge on any atom is 0.326 e. The van der Waals surface area contributed by atoms with E-state index < -0.39 is 16.1 Å². The SMILES string of the molecule is CC(C)COc1ccc(-c2ccc(Cc3nc(-c4ccc(Cl)cc4Cl)cn3-c3cccc(N4CC(=O)NS4(=O)=O)c3)cc2)cc1. The van der Waals surface area contributed by atoms with Gasteiger partial charge < -0.3 is 9.30 Å². The molecule has 1 amide bonds. The summed E-state index contributed by atoms with van der Waals surface area (Å²) in [5.74, 6) is 1.44. The van der Waals surface area contributed by atoms with E-state index in [0.29, 0.717) is 57.4 Å². The summed E-state index contributed by atoms with van der Waals surface area (Å²) in [4.78, 5) is 16.8. The van der Waals surface area contributed by atoms with Crippen LogP contribution in [0, 0.1) is 5.92 Å². The van der Waals surface area contributed by atoms with Crippen LogP contribution in [0.15, 0.2) is 97.2 Å². The molecular weight excluding hydrogens is 631 g/mol. The molecule has 1 aliphatic heterocycles. The standard InChI is InChI=1S/C34H30Cl2N4O4S/c1-22(2)21-44-29-13-10-25(11-14-29)24-8-6-23(7-9-24)16-33-37-32(30-15-12-26(35)17-31(30)36)19-39(33)27-4-3-5-28(18-27)40-20-34(41)38-45(40,42)43/h3-15,17-19,22H,16,20-21H2,1-2H3,(H,38,41). The second-order valence-corrected chi connectivity index (χ2v) is 13.6. The molecule has 0 bridgehead atoms. The van der Waals surface area contributed by atoms with Crippen molar-refractivity contribution in [1.29, 1.82) is 0 Å². The number of imidazole rings is 1. The van der Waals surface area contributed by atoms with Crippen molar-refractivity contribution in [2.75, 3.05) is 17.5 Å². The lowest BCUT2D eigenvalue weighted by molar-refractivity contribution is -0.117. The summed E-state index contributed by atoms with van der Waals surface area (Å²) in [5.41, 5.74) is 5.59. The lowest BCUT2D eigenvalue weighted by Crippen LogP contribution is -2.29. The summed E-state index contributed by atoms with van der Waals surface area (Å²) in [5, 5.41) is 0.981. The first kappa shape index (κ1) is 30.7. The molecule has 4 aromatic carbocycles. The maximum absolute atomic E-state index is 12.5. The van der Waals surface area contributed by atoms with Gasteiger partial charge in [-0.2, -0.15) is 8.42 Å². The molecule has 0 unspecified atom stereocenters. The van der Waals surface area contributed by atoms with Crippen molar-refractivity contribution >= 4 is 45.0 Å². The number of nitrogens with zero attached hydrogens (tertiary/aromatic N) is 3. The van der Waals surface area contributed by atoms with E-state index in [-0.39, 0.29) is 6.54 Å². The Morgan fingerprint density at radius 2 is 1.60 bits per heavy atom. The highest BCUT2D eigenvalue weighted by molar-refractivity contribution is 7.92. The van der Waals surface area contributed by atoms with E-state index in [1.165, 1.54) is 0 Å². The van der Waals surface area contributed by atoms with Gasteiger partial charge >= 0.3 is 10.2 Å². The first-order valence-electron chi connectivity index (χ1n) is 14.4. The largest absolute Gasteiger partial charge is 0.493 e. The number of ether oxygens (including phenoxy) is 1. The molecule has 1 aliphatic rings. The molecule has 45 heavy (non-hydrogen) atoms. The lowest BCUT2D eigenvalue weighted by atomic mass is 10.0. The molecule has 11 heteroatoms. The number of hydrogen-bond donors (Lipinski definition) is 1. The highest BCUT2D eigenvalue weighted by atomic mass is 35.5. The summed E-state index contributed by atoms with van der Waals surface area (Å²) in [6.07, 6.45) is 2.35. The number of rotatable bonds is 9. The number of nitrogens with one attached hydrogen (secondary N) is 1. The van der Waals surface area contributed by atoms with Gasteiger partial charge in [0.05, 0.1) is 23.0 Å². The molecule has 2 heterocycles. The molecule has 1 N–H and O–H groups in total. The molecule has 0 spiro atoms. The van der Waals surface area contributed by atoms with Gasteiger partial charge in [0.25, 0.3) is 5.91 Å². The van der Waals surface area contributed by atoms with E-state index in [1.807, 2.05) is 39.8 Å². The zero-order valence-electron chi connectivity index (χ0n) is 24.6. The van der Waals surface area contributed by atoms with E-state index in [0.717, 1.165) is 26.7 Å². The van der Waals surface area contributed by atoms with Gasteiger partial charge in [0.15, 0.2) is 0 Å². The summed E-state index contributed by atoms with van der Waals surface area (Å²) in [7, 11) is -3.96. The molecule has 0 atom stereocenters. The fourth-order valence-electron chi connectivity index (χ4n) is 5.07. The number of hydrogen-bond acceptors (Lipinski definition) is 5. The smallest absolute Gasteiger partial charge is 0.326 e. The summed E-state index contributed by atoms with van der Waals surface area (Å²) >= 11 is 12.7. The van der Waals surface area contributed by atoms with Crippen LogP contribution in [0.5, 0.6) is 5.75 Å². The number of halogens is 2. The predicted octanol–water partition coefficient (Wildman–Crippen LogP) is 7.32. The Morgan fingerprint density at radius 1 is 0.911 bits per heavy atom. The van der Waals surface area contributed by atoms with E-state index in [2.05, 4.69) is 50.2 Å². The van der Waals surface area contributed by atoms with Crippen molar-refractivity contribution in [2.45, 2.75) is 20.3 Å². The molecule has 0 aliphatic carbocycles. The van der Waals surface area contributed by atoms with Gasteiger partial charge in [-0.15, -0.1) is 0 Å². The Labute approximate surface area is 272 Å².